The lowest BCUT2D eigenvalue weighted by atomic mass is 10.1. The Labute approximate surface area is 162 Å². The first-order valence-electron chi connectivity index (χ1n) is 8.77. The van der Waals surface area contributed by atoms with Crippen LogP contribution in [0.5, 0.6) is 0 Å². The maximum Gasteiger partial charge on any atom is 0.318 e. The molecular weight excluding hydrogens is 356 g/mol. The van der Waals surface area contributed by atoms with Crippen molar-refractivity contribution in [2.45, 2.75) is 26.3 Å². The van der Waals surface area contributed by atoms with E-state index < -0.39 is 0 Å². The molecule has 0 spiro atoms. The molecule has 3 rings (SSSR count). The summed E-state index contributed by atoms with van der Waals surface area (Å²) in [6.07, 6.45) is 1.38. The maximum atomic E-state index is 11.5. The molecule has 0 bridgehead atoms. The van der Waals surface area contributed by atoms with Crippen LogP contribution in [-0.2, 0) is 0 Å². The lowest BCUT2D eigenvalue weighted by Gasteiger charge is -2.23. The molecule has 0 aliphatic rings. The molecular formula is C19H24N8O. The third-order valence-electron chi connectivity index (χ3n) is 4.00. The van der Waals surface area contributed by atoms with Gasteiger partial charge in [0.1, 0.15) is 18.0 Å². The van der Waals surface area contributed by atoms with Crippen LogP contribution < -0.4 is 21.7 Å². The number of anilines is 3. The number of fused-ring (bicyclic) bond motifs is 1. The number of carbonyl (C=O) groups is 1. The first-order chi connectivity index (χ1) is 13.2. The van der Waals surface area contributed by atoms with Crippen LogP contribution in [0, 0.1) is 5.41 Å². The second kappa shape index (κ2) is 7.18. The molecule has 0 fully saturated rings. The smallest absolute Gasteiger partial charge is 0.318 e. The van der Waals surface area contributed by atoms with Gasteiger partial charge < -0.3 is 26.7 Å². The van der Waals surface area contributed by atoms with E-state index in [2.05, 4.69) is 30.9 Å². The summed E-state index contributed by atoms with van der Waals surface area (Å²) in [5.74, 6) is 0.734. The lowest BCUT2D eigenvalue weighted by molar-refractivity contribution is 0.254. The minimum atomic E-state index is -0.300. The number of rotatable bonds is 4. The zero-order chi connectivity index (χ0) is 20.5. The van der Waals surface area contributed by atoms with E-state index in [0.29, 0.717) is 22.8 Å². The number of urea groups is 1. The summed E-state index contributed by atoms with van der Waals surface area (Å²) < 4.78 is 0. The fourth-order valence-corrected chi connectivity index (χ4v) is 2.76. The van der Waals surface area contributed by atoms with Crippen molar-refractivity contribution in [3.63, 3.8) is 0 Å². The highest BCUT2D eigenvalue weighted by molar-refractivity contribution is 6.16. The van der Waals surface area contributed by atoms with E-state index in [1.807, 2.05) is 32.9 Å². The number of hydrogen-bond acceptors (Lipinski definition) is 6. The summed E-state index contributed by atoms with van der Waals surface area (Å²) in [5.41, 5.74) is 8.44. The van der Waals surface area contributed by atoms with Gasteiger partial charge in [0.25, 0.3) is 0 Å². The molecule has 0 aliphatic carbocycles. The number of carbonyl (C=O) groups excluding carboxylic acids is 1. The van der Waals surface area contributed by atoms with Gasteiger partial charge in [0.2, 0.25) is 0 Å². The van der Waals surface area contributed by atoms with E-state index in [1.165, 1.54) is 6.33 Å². The molecule has 0 saturated heterocycles. The fourth-order valence-electron chi connectivity index (χ4n) is 2.76. The molecule has 0 radical (unpaired) electrons. The molecule has 0 unspecified atom stereocenters. The number of benzene rings is 1. The highest BCUT2D eigenvalue weighted by atomic mass is 16.2. The SMILES string of the molecule is CNC(=O)Nc1ccc2cc(C(=N)c3c(N)ncnc3NC(C)(C)C)[nH]c2c1. The van der Waals surface area contributed by atoms with Crippen LogP contribution in [0.1, 0.15) is 32.0 Å². The summed E-state index contributed by atoms with van der Waals surface area (Å²) in [6, 6.07) is 7.03. The zero-order valence-corrected chi connectivity index (χ0v) is 16.3. The lowest BCUT2D eigenvalue weighted by Crippen LogP contribution is -2.28. The summed E-state index contributed by atoms with van der Waals surface area (Å²) in [7, 11) is 1.55. The third-order valence-corrected chi connectivity index (χ3v) is 4.00. The Hall–Kier alpha value is -3.62. The van der Waals surface area contributed by atoms with Crippen LogP contribution in [0.4, 0.5) is 22.1 Å². The van der Waals surface area contributed by atoms with Crippen LogP contribution in [0.2, 0.25) is 0 Å². The van der Waals surface area contributed by atoms with Crippen LogP contribution in [-0.4, -0.2) is 39.3 Å². The molecule has 1 aromatic carbocycles. The van der Waals surface area contributed by atoms with Crippen LogP contribution in [0.15, 0.2) is 30.6 Å². The molecule has 3 aromatic rings. The number of nitrogens with two attached hydrogens (primary N) is 1. The van der Waals surface area contributed by atoms with E-state index in [9.17, 15) is 4.79 Å². The van der Waals surface area contributed by atoms with Crippen molar-refractivity contribution in [1.29, 1.82) is 5.41 Å². The van der Waals surface area contributed by atoms with Gasteiger partial charge in [-0.2, -0.15) is 0 Å². The minimum absolute atomic E-state index is 0.182. The molecule has 0 aliphatic heterocycles. The van der Waals surface area contributed by atoms with Crippen molar-refractivity contribution in [1.82, 2.24) is 20.3 Å². The van der Waals surface area contributed by atoms with Gasteiger partial charge in [0, 0.05) is 29.2 Å². The number of H-pyrrole nitrogens is 1. The first kappa shape index (κ1) is 19.2. The zero-order valence-electron chi connectivity index (χ0n) is 16.3. The van der Waals surface area contributed by atoms with Crippen molar-refractivity contribution < 1.29 is 4.79 Å². The number of nitrogen functional groups attached to an aromatic ring is 1. The monoisotopic (exact) mass is 380 g/mol. The molecule has 2 aromatic heterocycles. The Kier molecular flexibility index (Phi) is 4.91. The molecule has 146 valence electrons. The molecule has 0 saturated carbocycles. The van der Waals surface area contributed by atoms with Crippen LogP contribution in [0.25, 0.3) is 10.9 Å². The van der Waals surface area contributed by atoms with Gasteiger partial charge in [-0.05, 0) is 39.0 Å². The molecule has 0 atom stereocenters. The van der Waals surface area contributed by atoms with Gasteiger partial charge >= 0.3 is 6.03 Å². The van der Waals surface area contributed by atoms with Crippen molar-refractivity contribution in [2.75, 3.05) is 23.4 Å². The van der Waals surface area contributed by atoms with Gasteiger partial charge in [-0.1, -0.05) is 6.07 Å². The van der Waals surface area contributed by atoms with Crippen LogP contribution in [0.3, 0.4) is 0 Å². The quantitative estimate of drug-likeness (QED) is 0.386. The standard InChI is InChI=1S/C19H24N8O/c1-19(2,3)27-17-14(16(21)23-9-24-17)15(20)13-7-10-5-6-11(8-12(10)26-13)25-18(28)22-4/h5-9,20,26H,1-4H3,(H2,22,25,28)(H3,21,23,24,27). The average Bonchev–Trinajstić information content (AvgIpc) is 3.03. The van der Waals surface area contributed by atoms with Gasteiger partial charge in [0.05, 0.1) is 17.0 Å². The number of aromatic amines is 1. The molecule has 9 heteroatoms. The molecule has 2 amide bonds. The largest absolute Gasteiger partial charge is 0.383 e. The second-order valence-corrected chi connectivity index (χ2v) is 7.42. The number of amides is 2. The summed E-state index contributed by atoms with van der Waals surface area (Å²) in [6.45, 7) is 6.01. The van der Waals surface area contributed by atoms with Gasteiger partial charge in [-0.3, -0.25) is 5.41 Å². The topological polar surface area (TPSA) is 145 Å². The van der Waals surface area contributed by atoms with E-state index in [-0.39, 0.29) is 23.1 Å². The van der Waals surface area contributed by atoms with E-state index in [0.717, 1.165) is 10.9 Å². The first-order valence-corrected chi connectivity index (χ1v) is 8.77. The molecule has 7 N–H and O–H groups in total. The maximum absolute atomic E-state index is 11.5. The molecule has 2 heterocycles. The predicted molar refractivity (Wildman–Crippen MR) is 112 cm³/mol. The normalized spacial score (nSPS) is 11.3. The van der Waals surface area contributed by atoms with E-state index >= 15 is 0 Å². The Morgan fingerprint density at radius 3 is 2.64 bits per heavy atom. The number of hydrogen-bond donors (Lipinski definition) is 6. The highest BCUT2D eigenvalue weighted by Crippen LogP contribution is 2.26. The van der Waals surface area contributed by atoms with Crippen molar-refractivity contribution in [2.24, 2.45) is 0 Å². The highest BCUT2D eigenvalue weighted by Gasteiger charge is 2.21. The Morgan fingerprint density at radius 1 is 1.21 bits per heavy atom. The van der Waals surface area contributed by atoms with Crippen molar-refractivity contribution in [3.05, 3.63) is 41.9 Å². The number of nitrogens with zero attached hydrogens (tertiary/aromatic N) is 2. The number of aromatic nitrogens is 3. The van der Waals surface area contributed by atoms with Gasteiger partial charge in [-0.15, -0.1) is 0 Å². The second-order valence-electron chi connectivity index (χ2n) is 7.42. The third kappa shape index (κ3) is 4.03. The van der Waals surface area contributed by atoms with E-state index in [1.54, 1.807) is 19.2 Å². The minimum Gasteiger partial charge on any atom is -0.383 e. The molecule has 9 nitrogen and oxygen atoms in total. The van der Waals surface area contributed by atoms with Crippen molar-refractivity contribution >= 4 is 40.0 Å². The summed E-state index contributed by atoms with van der Waals surface area (Å²) in [4.78, 5) is 23.0. The summed E-state index contributed by atoms with van der Waals surface area (Å²) >= 11 is 0. The average molecular weight is 380 g/mol. The van der Waals surface area contributed by atoms with Crippen LogP contribution >= 0.6 is 0 Å². The Morgan fingerprint density at radius 2 is 1.96 bits per heavy atom. The Balaban J connectivity index is 1.99. The summed E-state index contributed by atoms with van der Waals surface area (Å²) in [5, 5.41) is 18.1. The molecule has 28 heavy (non-hydrogen) atoms. The Bertz CT molecular complexity index is 1050. The van der Waals surface area contributed by atoms with E-state index in [4.69, 9.17) is 11.1 Å². The fraction of sp³-hybridized carbons (Fsp3) is 0.263. The number of nitrogens with one attached hydrogen (secondary N) is 5. The van der Waals surface area contributed by atoms with Crippen molar-refractivity contribution in [3.8, 4) is 0 Å². The predicted octanol–water partition coefficient (Wildman–Crippen LogP) is 2.92. The van der Waals surface area contributed by atoms with Gasteiger partial charge in [-0.25, -0.2) is 14.8 Å². The van der Waals surface area contributed by atoms with Gasteiger partial charge in [0.15, 0.2) is 0 Å².